The van der Waals surface area contributed by atoms with Gasteiger partial charge in [0.25, 0.3) is 0 Å². The number of aromatic nitrogens is 1. The number of pyridine rings is 1. The molecule has 0 aliphatic rings. The topological polar surface area (TPSA) is 154 Å². The molecule has 0 aromatic carbocycles. The molecule has 0 bridgehead atoms. The van der Waals surface area contributed by atoms with Crippen molar-refractivity contribution < 1.29 is 13.3 Å². The zero-order valence-corrected chi connectivity index (χ0v) is 9.48. The third-order valence-corrected chi connectivity index (χ3v) is 2.54. The highest BCUT2D eigenvalue weighted by Gasteiger charge is 2.15. The minimum absolute atomic E-state index is 0.0846. The molecular formula is C7H11N5O4S. The van der Waals surface area contributed by atoms with E-state index in [2.05, 4.69) is 10.3 Å². The van der Waals surface area contributed by atoms with Crippen molar-refractivity contribution in [3.8, 4) is 0 Å². The van der Waals surface area contributed by atoms with Crippen molar-refractivity contribution in [2.24, 2.45) is 5.14 Å². The lowest BCUT2D eigenvalue weighted by Gasteiger charge is -2.05. The maximum Gasteiger partial charge on any atom is 0.311 e. The van der Waals surface area contributed by atoms with Crippen LogP contribution in [0.15, 0.2) is 12.1 Å². The second kappa shape index (κ2) is 4.93. The van der Waals surface area contributed by atoms with Crippen molar-refractivity contribution in [2.45, 2.75) is 0 Å². The van der Waals surface area contributed by atoms with E-state index in [1.54, 1.807) is 0 Å². The molecule has 10 heteroatoms. The summed E-state index contributed by atoms with van der Waals surface area (Å²) in [5.74, 6) is -0.354. The Kier molecular flexibility index (Phi) is 3.81. The van der Waals surface area contributed by atoms with Gasteiger partial charge in [-0.3, -0.25) is 10.1 Å². The third kappa shape index (κ3) is 4.20. The largest absolute Gasteiger partial charge is 0.384 e. The minimum atomic E-state index is -3.63. The first kappa shape index (κ1) is 13.1. The Hall–Kier alpha value is -1.94. The average molecular weight is 261 g/mol. The molecule has 0 saturated heterocycles. The van der Waals surface area contributed by atoms with Crippen molar-refractivity contribution in [3.05, 3.63) is 22.2 Å². The summed E-state index contributed by atoms with van der Waals surface area (Å²) in [6, 6.07) is 2.46. The van der Waals surface area contributed by atoms with Crippen LogP contribution in [0.3, 0.4) is 0 Å². The first-order valence-electron chi connectivity index (χ1n) is 4.45. The fraction of sp³-hybridized carbons (Fsp3) is 0.286. The van der Waals surface area contributed by atoms with E-state index < -0.39 is 14.9 Å². The molecular weight excluding hydrogens is 250 g/mol. The summed E-state index contributed by atoms with van der Waals surface area (Å²) >= 11 is 0. The number of nitrogens with two attached hydrogens (primary N) is 2. The first-order valence-corrected chi connectivity index (χ1v) is 6.16. The number of sulfonamides is 1. The van der Waals surface area contributed by atoms with Crippen LogP contribution in [-0.4, -0.2) is 30.6 Å². The fourth-order valence-corrected chi connectivity index (χ4v) is 1.44. The van der Waals surface area contributed by atoms with E-state index in [1.165, 1.54) is 12.1 Å². The van der Waals surface area contributed by atoms with Crippen molar-refractivity contribution in [1.82, 2.24) is 4.98 Å². The van der Waals surface area contributed by atoms with Crippen LogP contribution in [-0.2, 0) is 10.0 Å². The van der Waals surface area contributed by atoms with E-state index in [0.29, 0.717) is 0 Å². The summed E-state index contributed by atoms with van der Waals surface area (Å²) in [5.41, 5.74) is 5.08. The highest BCUT2D eigenvalue weighted by molar-refractivity contribution is 7.89. The molecule has 0 spiro atoms. The van der Waals surface area contributed by atoms with Crippen molar-refractivity contribution in [1.29, 1.82) is 0 Å². The Labute approximate surface area is 97.0 Å². The second-order valence-electron chi connectivity index (χ2n) is 3.15. The molecule has 0 saturated carbocycles. The molecule has 0 unspecified atom stereocenters. The highest BCUT2D eigenvalue weighted by atomic mass is 32.2. The minimum Gasteiger partial charge on any atom is -0.384 e. The Morgan fingerprint density at radius 3 is 2.65 bits per heavy atom. The molecule has 1 heterocycles. The van der Waals surface area contributed by atoms with Crippen LogP contribution in [0.4, 0.5) is 17.3 Å². The maximum atomic E-state index is 10.7. The van der Waals surface area contributed by atoms with Gasteiger partial charge >= 0.3 is 5.69 Å². The highest BCUT2D eigenvalue weighted by Crippen LogP contribution is 2.22. The summed E-state index contributed by atoms with van der Waals surface area (Å²) in [6.45, 7) is -0.0872. The summed E-state index contributed by atoms with van der Waals surface area (Å²) < 4.78 is 21.3. The molecule has 1 aromatic heterocycles. The average Bonchev–Trinajstić information content (AvgIpc) is 2.15. The predicted molar refractivity (Wildman–Crippen MR) is 61.8 cm³/mol. The lowest BCUT2D eigenvalue weighted by molar-refractivity contribution is -0.384. The van der Waals surface area contributed by atoms with Crippen LogP contribution in [0.5, 0.6) is 0 Å². The molecule has 0 fully saturated rings. The molecule has 17 heavy (non-hydrogen) atoms. The molecule has 0 atom stereocenters. The first-order chi connectivity index (χ1) is 7.79. The van der Waals surface area contributed by atoms with E-state index in [1.807, 2.05) is 0 Å². The van der Waals surface area contributed by atoms with Crippen LogP contribution in [0.2, 0.25) is 0 Å². The van der Waals surface area contributed by atoms with Crippen LogP contribution in [0.1, 0.15) is 0 Å². The molecule has 9 nitrogen and oxygen atoms in total. The van der Waals surface area contributed by atoms with E-state index in [0.717, 1.165) is 0 Å². The fourth-order valence-electron chi connectivity index (χ4n) is 1.06. The summed E-state index contributed by atoms with van der Waals surface area (Å²) in [7, 11) is -3.63. The second-order valence-corrected chi connectivity index (χ2v) is 4.89. The van der Waals surface area contributed by atoms with E-state index in [4.69, 9.17) is 10.9 Å². The molecule has 0 aliphatic carbocycles. The zero-order valence-electron chi connectivity index (χ0n) is 8.66. The summed E-state index contributed by atoms with van der Waals surface area (Å²) in [6.07, 6.45) is 0. The zero-order chi connectivity index (χ0) is 13.1. The van der Waals surface area contributed by atoms with Gasteiger partial charge in [0.05, 0.1) is 10.7 Å². The van der Waals surface area contributed by atoms with Crippen molar-refractivity contribution >= 4 is 27.3 Å². The Balaban J connectivity index is 2.82. The molecule has 5 N–H and O–H groups in total. The summed E-state index contributed by atoms with van der Waals surface area (Å²) in [4.78, 5) is 13.7. The predicted octanol–water partition coefficient (Wildman–Crippen LogP) is -0.728. The van der Waals surface area contributed by atoms with Gasteiger partial charge in [-0.05, 0) is 6.07 Å². The quantitative estimate of drug-likeness (QED) is 0.466. The number of hydrogen-bond acceptors (Lipinski definition) is 7. The van der Waals surface area contributed by atoms with Crippen LogP contribution < -0.4 is 16.2 Å². The molecule has 94 valence electrons. The number of anilines is 2. The molecule has 1 aromatic rings. The third-order valence-electron chi connectivity index (χ3n) is 1.77. The normalized spacial score (nSPS) is 11.1. The number of rotatable bonds is 5. The Morgan fingerprint density at radius 1 is 1.47 bits per heavy atom. The SMILES string of the molecule is Nc1ccc([N+](=O)[O-])c(NCCS(N)(=O)=O)n1. The number of nitrogens with one attached hydrogen (secondary N) is 1. The van der Waals surface area contributed by atoms with E-state index >= 15 is 0 Å². The number of nitro groups is 1. The lowest BCUT2D eigenvalue weighted by Crippen LogP contribution is -2.23. The van der Waals surface area contributed by atoms with Gasteiger partial charge in [0.1, 0.15) is 5.82 Å². The Morgan fingerprint density at radius 2 is 2.12 bits per heavy atom. The van der Waals surface area contributed by atoms with Gasteiger partial charge < -0.3 is 11.1 Å². The van der Waals surface area contributed by atoms with Crippen LogP contribution >= 0.6 is 0 Å². The smallest absolute Gasteiger partial charge is 0.311 e. The number of primary sulfonamides is 1. The number of nitrogen functional groups attached to an aromatic ring is 1. The van der Waals surface area contributed by atoms with Gasteiger partial charge in [0.2, 0.25) is 15.8 Å². The van der Waals surface area contributed by atoms with Crippen LogP contribution in [0, 0.1) is 10.1 Å². The van der Waals surface area contributed by atoms with Crippen molar-refractivity contribution in [3.63, 3.8) is 0 Å². The van der Waals surface area contributed by atoms with Gasteiger partial charge in [-0.1, -0.05) is 0 Å². The van der Waals surface area contributed by atoms with Gasteiger partial charge in [0.15, 0.2) is 0 Å². The maximum absolute atomic E-state index is 10.7. The van der Waals surface area contributed by atoms with Gasteiger partial charge in [0, 0.05) is 12.6 Å². The van der Waals surface area contributed by atoms with Crippen molar-refractivity contribution in [2.75, 3.05) is 23.3 Å². The standard InChI is InChI=1S/C7H11N5O4S/c8-6-2-1-5(12(13)14)7(11-6)10-3-4-17(9,15)16/h1-2H,3-4H2,(H3,8,10,11)(H2,9,15,16). The number of hydrogen-bond donors (Lipinski definition) is 3. The Bertz CT molecular complexity index is 529. The number of nitrogens with zero attached hydrogens (tertiary/aromatic N) is 2. The monoisotopic (exact) mass is 261 g/mol. The van der Waals surface area contributed by atoms with Gasteiger partial charge in [-0.2, -0.15) is 0 Å². The lowest BCUT2D eigenvalue weighted by atomic mass is 10.3. The van der Waals surface area contributed by atoms with Gasteiger partial charge in [-0.25, -0.2) is 18.5 Å². The summed E-state index contributed by atoms with van der Waals surface area (Å²) in [5, 5.41) is 17.9. The van der Waals surface area contributed by atoms with E-state index in [-0.39, 0.29) is 29.6 Å². The molecule has 0 aliphatic heterocycles. The molecule has 0 radical (unpaired) electrons. The van der Waals surface area contributed by atoms with E-state index in [9.17, 15) is 18.5 Å². The molecule has 1 rings (SSSR count). The molecule has 0 amide bonds. The van der Waals surface area contributed by atoms with Crippen LogP contribution in [0.25, 0.3) is 0 Å². The van der Waals surface area contributed by atoms with Gasteiger partial charge in [-0.15, -0.1) is 0 Å².